The zero-order valence-corrected chi connectivity index (χ0v) is 17.0. The van der Waals surface area contributed by atoms with E-state index in [0.29, 0.717) is 0 Å². The molecule has 3 heteroatoms. The minimum atomic E-state index is -0.667. The zero-order valence-electron chi connectivity index (χ0n) is 17.0. The van der Waals surface area contributed by atoms with Gasteiger partial charge in [-0.1, -0.05) is 97.3 Å². The minimum absolute atomic E-state index is 0. The second-order valence-electron chi connectivity index (χ2n) is 7.96. The Morgan fingerprint density at radius 2 is 1.12 bits per heavy atom. The van der Waals surface area contributed by atoms with Crippen LogP contribution in [0.2, 0.25) is 0 Å². The van der Waals surface area contributed by atoms with E-state index in [2.05, 4.69) is 13.8 Å². The van der Waals surface area contributed by atoms with E-state index in [4.69, 9.17) is 0 Å². The van der Waals surface area contributed by atoms with Gasteiger partial charge in [0.2, 0.25) is 0 Å². The van der Waals surface area contributed by atoms with Gasteiger partial charge in [-0.3, -0.25) is 4.79 Å². The highest BCUT2D eigenvalue weighted by atomic mass is 16.4. The SMILES string of the molecule is CCCCCCCCCCCCCCCC(C)C(C)(C)C(=O)O.N. The monoisotopic (exact) mass is 343 g/mol. The summed E-state index contributed by atoms with van der Waals surface area (Å²) in [5.74, 6) is -0.410. The summed E-state index contributed by atoms with van der Waals surface area (Å²) in [5.41, 5.74) is -0.586. The number of rotatable bonds is 16. The van der Waals surface area contributed by atoms with Gasteiger partial charge in [0.25, 0.3) is 0 Å². The third-order valence-electron chi connectivity index (χ3n) is 5.52. The van der Waals surface area contributed by atoms with Crippen LogP contribution in [0.5, 0.6) is 0 Å². The number of unbranched alkanes of at least 4 members (excludes halogenated alkanes) is 12. The lowest BCUT2D eigenvalue weighted by Gasteiger charge is -2.27. The van der Waals surface area contributed by atoms with Crippen LogP contribution in [0.1, 0.15) is 118 Å². The Bertz CT molecular complexity index is 290. The second-order valence-corrected chi connectivity index (χ2v) is 7.96. The summed E-state index contributed by atoms with van der Waals surface area (Å²) >= 11 is 0. The Hall–Kier alpha value is -0.570. The van der Waals surface area contributed by atoms with Gasteiger partial charge >= 0.3 is 5.97 Å². The van der Waals surface area contributed by atoms with Gasteiger partial charge in [-0.2, -0.15) is 0 Å². The largest absolute Gasteiger partial charge is 0.481 e. The molecule has 0 aromatic rings. The molecule has 0 spiro atoms. The van der Waals surface area contributed by atoms with Gasteiger partial charge in [0.15, 0.2) is 0 Å². The average Bonchev–Trinajstić information content (AvgIpc) is 2.51. The van der Waals surface area contributed by atoms with E-state index >= 15 is 0 Å². The van der Waals surface area contributed by atoms with Crippen LogP contribution in [0, 0.1) is 11.3 Å². The Labute approximate surface area is 151 Å². The van der Waals surface area contributed by atoms with Crippen molar-refractivity contribution < 1.29 is 9.90 Å². The number of aliphatic carboxylic acids is 1. The summed E-state index contributed by atoms with van der Waals surface area (Å²) in [6.45, 7) is 8.05. The van der Waals surface area contributed by atoms with Crippen LogP contribution < -0.4 is 6.15 Å². The van der Waals surface area contributed by atoms with Crippen molar-refractivity contribution in [2.75, 3.05) is 0 Å². The van der Waals surface area contributed by atoms with Crippen molar-refractivity contribution in [3.05, 3.63) is 0 Å². The number of hydrogen-bond donors (Lipinski definition) is 2. The highest BCUT2D eigenvalue weighted by Gasteiger charge is 2.33. The Kier molecular flexibility index (Phi) is 17.0. The molecule has 0 rings (SSSR count). The fourth-order valence-corrected chi connectivity index (χ4v) is 3.04. The van der Waals surface area contributed by atoms with E-state index in [1.165, 1.54) is 83.5 Å². The quantitative estimate of drug-likeness (QED) is 0.287. The van der Waals surface area contributed by atoms with Crippen molar-refractivity contribution >= 4 is 5.97 Å². The molecule has 0 amide bonds. The van der Waals surface area contributed by atoms with E-state index in [-0.39, 0.29) is 12.1 Å². The van der Waals surface area contributed by atoms with Crippen LogP contribution >= 0.6 is 0 Å². The van der Waals surface area contributed by atoms with Gasteiger partial charge in [-0.15, -0.1) is 0 Å². The molecule has 0 aromatic carbocycles. The molecule has 4 N–H and O–H groups in total. The molecule has 0 aliphatic rings. The van der Waals surface area contributed by atoms with Crippen LogP contribution in [-0.2, 0) is 4.79 Å². The van der Waals surface area contributed by atoms with Gasteiger partial charge in [0.1, 0.15) is 0 Å². The molecule has 0 saturated carbocycles. The van der Waals surface area contributed by atoms with E-state index in [0.717, 1.165) is 6.42 Å². The van der Waals surface area contributed by atoms with E-state index in [1.807, 2.05) is 13.8 Å². The molecule has 0 radical (unpaired) electrons. The second kappa shape index (κ2) is 15.9. The van der Waals surface area contributed by atoms with Crippen molar-refractivity contribution in [1.29, 1.82) is 0 Å². The molecular formula is C21H45NO2. The molecule has 24 heavy (non-hydrogen) atoms. The first kappa shape index (κ1) is 25.7. The third kappa shape index (κ3) is 12.8. The molecule has 0 heterocycles. The van der Waals surface area contributed by atoms with Crippen molar-refractivity contribution in [3.63, 3.8) is 0 Å². The molecule has 1 unspecified atom stereocenters. The lowest BCUT2D eigenvalue weighted by atomic mass is 9.77. The number of carboxylic acids is 1. The van der Waals surface area contributed by atoms with Crippen molar-refractivity contribution in [2.45, 2.75) is 118 Å². The predicted octanol–water partition coefficient (Wildman–Crippen LogP) is 7.38. The maximum absolute atomic E-state index is 11.2. The van der Waals surface area contributed by atoms with Crippen molar-refractivity contribution in [1.82, 2.24) is 6.15 Å². The smallest absolute Gasteiger partial charge is 0.309 e. The fourth-order valence-electron chi connectivity index (χ4n) is 3.04. The standard InChI is InChI=1S/C21H42O2.H3N/c1-5-6-7-8-9-10-11-12-13-14-15-16-17-18-19(2)21(3,4)20(22)23;/h19H,5-18H2,1-4H3,(H,22,23);1H3. The number of carboxylic acid groups (broad SMARTS) is 1. The molecule has 0 aliphatic carbocycles. The molecule has 0 saturated heterocycles. The number of hydrogen-bond acceptors (Lipinski definition) is 2. The maximum atomic E-state index is 11.2. The van der Waals surface area contributed by atoms with E-state index < -0.39 is 11.4 Å². The summed E-state index contributed by atoms with van der Waals surface area (Å²) < 4.78 is 0. The van der Waals surface area contributed by atoms with Crippen molar-refractivity contribution in [2.24, 2.45) is 11.3 Å². The van der Waals surface area contributed by atoms with Crippen LogP contribution in [0.15, 0.2) is 0 Å². The normalized spacial score (nSPS) is 12.7. The highest BCUT2D eigenvalue weighted by molar-refractivity contribution is 5.73. The molecule has 3 nitrogen and oxygen atoms in total. The Morgan fingerprint density at radius 1 is 0.792 bits per heavy atom. The molecule has 0 aliphatic heterocycles. The molecule has 0 fully saturated rings. The first-order chi connectivity index (χ1) is 10.9. The lowest BCUT2D eigenvalue weighted by Crippen LogP contribution is -2.31. The first-order valence-corrected chi connectivity index (χ1v) is 10.2. The van der Waals surface area contributed by atoms with Crippen LogP contribution in [0.4, 0.5) is 0 Å². The summed E-state index contributed by atoms with van der Waals surface area (Å²) in [6, 6.07) is 0. The third-order valence-corrected chi connectivity index (χ3v) is 5.52. The Morgan fingerprint density at radius 3 is 1.46 bits per heavy atom. The fraction of sp³-hybridized carbons (Fsp3) is 0.952. The van der Waals surface area contributed by atoms with E-state index in [1.54, 1.807) is 0 Å². The first-order valence-electron chi connectivity index (χ1n) is 10.2. The zero-order chi connectivity index (χ0) is 17.6. The summed E-state index contributed by atoms with van der Waals surface area (Å²) in [5, 5.41) is 9.22. The van der Waals surface area contributed by atoms with Gasteiger partial charge in [0.05, 0.1) is 5.41 Å². The van der Waals surface area contributed by atoms with Crippen LogP contribution in [-0.4, -0.2) is 11.1 Å². The predicted molar refractivity (Wildman–Crippen MR) is 106 cm³/mol. The number of carbonyl (C=O) groups is 1. The lowest BCUT2D eigenvalue weighted by molar-refractivity contribution is -0.149. The molecule has 1 atom stereocenters. The van der Waals surface area contributed by atoms with Gasteiger partial charge in [-0.25, -0.2) is 0 Å². The topological polar surface area (TPSA) is 72.3 Å². The van der Waals surface area contributed by atoms with Crippen molar-refractivity contribution in [3.8, 4) is 0 Å². The summed E-state index contributed by atoms with van der Waals surface area (Å²) in [4.78, 5) is 11.2. The van der Waals surface area contributed by atoms with Gasteiger partial charge in [-0.05, 0) is 26.2 Å². The average molecular weight is 344 g/mol. The Balaban J connectivity index is 0. The van der Waals surface area contributed by atoms with Gasteiger partial charge in [0, 0.05) is 0 Å². The summed E-state index contributed by atoms with van der Waals surface area (Å²) in [6.07, 6.45) is 18.8. The molecule has 0 aromatic heterocycles. The van der Waals surface area contributed by atoms with Gasteiger partial charge < -0.3 is 11.3 Å². The highest BCUT2D eigenvalue weighted by Crippen LogP contribution is 2.31. The molecular weight excluding hydrogens is 298 g/mol. The van der Waals surface area contributed by atoms with E-state index in [9.17, 15) is 9.90 Å². The maximum Gasteiger partial charge on any atom is 0.309 e. The minimum Gasteiger partial charge on any atom is -0.481 e. The molecule has 0 bridgehead atoms. The summed E-state index contributed by atoms with van der Waals surface area (Å²) in [7, 11) is 0. The van der Waals surface area contributed by atoms with Crippen LogP contribution in [0.3, 0.4) is 0 Å². The van der Waals surface area contributed by atoms with Crippen LogP contribution in [0.25, 0.3) is 0 Å². The molecule has 146 valence electrons.